The Bertz CT molecular complexity index is 618. The van der Waals surface area contributed by atoms with Crippen LogP contribution in [0.2, 0.25) is 5.02 Å². The van der Waals surface area contributed by atoms with E-state index >= 15 is 0 Å². The number of benzene rings is 1. The molecule has 0 radical (unpaired) electrons. The van der Waals surface area contributed by atoms with Crippen LogP contribution in [-0.4, -0.2) is 35.7 Å². The van der Waals surface area contributed by atoms with Crippen molar-refractivity contribution >= 4 is 27.5 Å². The molecule has 0 aliphatic carbocycles. The molecule has 1 aromatic heterocycles. The number of methoxy groups -OCH3 is 2. The van der Waals surface area contributed by atoms with Gasteiger partial charge in [0.25, 0.3) is 0 Å². The number of halogens is 2. The van der Waals surface area contributed by atoms with Crippen molar-refractivity contribution in [3.05, 3.63) is 45.1 Å². The summed E-state index contributed by atoms with van der Waals surface area (Å²) in [7, 11) is 3.17. The van der Waals surface area contributed by atoms with E-state index in [1.165, 1.54) is 6.20 Å². The molecule has 0 saturated heterocycles. The topological polar surface area (TPSA) is 56.5 Å². The summed E-state index contributed by atoms with van der Waals surface area (Å²) in [6.45, 7) is 0.985. The predicted octanol–water partition coefficient (Wildman–Crippen LogP) is 3.04. The number of hydrogen-bond acceptors (Lipinski definition) is 4. The molecule has 2 aromatic rings. The molecule has 1 heterocycles. The van der Waals surface area contributed by atoms with Gasteiger partial charge >= 0.3 is 0 Å². The maximum atomic E-state index is 10.7. The summed E-state index contributed by atoms with van der Waals surface area (Å²) in [5.41, 5.74) is 1.14. The maximum absolute atomic E-state index is 10.7. The highest BCUT2D eigenvalue weighted by atomic mass is 79.9. The Morgan fingerprint density at radius 3 is 2.86 bits per heavy atom. The molecule has 5 nitrogen and oxygen atoms in total. The van der Waals surface area contributed by atoms with E-state index in [4.69, 9.17) is 21.1 Å². The molecule has 2 rings (SSSR count). The molecular formula is C14H16BrClN2O3. The van der Waals surface area contributed by atoms with Crippen LogP contribution in [-0.2, 0) is 11.3 Å². The fourth-order valence-electron chi connectivity index (χ4n) is 2.07. The number of nitrogens with zero attached hydrogens (tertiary/aromatic N) is 2. The minimum atomic E-state index is -0.940. The van der Waals surface area contributed by atoms with Gasteiger partial charge in [0.05, 0.1) is 37.2 Å². The van der Waals surface area contributed by atoms with Gasteiger partial charge in [-0.3, -0.25) is 4.68 Å². The molecule has 0 amide bonds. The summed E-state index contributed by atoms with van der Waals surface area (Å²) in [6.07, 6.45) is 0.574. The molecule has 1 atom stereocenters. The summed E-state index contributed by atoms with van der Waals surface area (Å²) < 4.78 is 12.8. The maximum Gasteiger partial charge on any atom is 0.126 e. The Kier molecular flexibility index (Phi) is 5.64. The van der Waals surface area contributed by atoms with Crippen molar-refractivity contribution in [3.8, 4) is 5.75 Å². The van der Waals surface area contributed by atoms with E-state index in [2.05, 4.69) is 21.0 Å². The van der Waals surface area contributed by atoms with Crippen molar-refractivity contribution < 1.29 is 14.6 Å². The van der Waals surface area contributed by atoms with Gasteiger partial charge in [0.15, 0.2) is 0 Å². The minimum Gasteiger partial charge on any atom is -0.496 e. The minimum absolute atomic E-state index is 0.403. The smallest absolute Gasteiger partial charge is 0.126 e. The monoisotopic (exact) mass is 374 g/mol. The molecular weight excluding hydrogens is 360 g/mol. The third-order valence-electron chi connectivity index (χ3n) is 3.09. The van der Waals surface area contributed by atoms with Crippen molar-refractivity contribution in [2.24, 2.45) is 0 Å². The molecule has 1 unspecified atom stereocenters. The lowest BCUT2D eigenvalue weighted by atomic mass is 10.1. The van der Waals surface area contributed by atoms with Crippen LogP contribution in [0, 0.1) is 0 Å². The molecule has 0 saturated carbocycles. The van der Waals surface area contributed by atoms with Gasteiger partial charge in [-0.25, -0.2) is 0 Å². The van der Waals surface area contributed by atoms with Crippen LogP contribution in [0.5, 0.6) is 5.75 Å². The van der Waals surface area contributed by atoms with E-state index < -0.39 is 6.10 Å². The van der Waals surface area contributed by atoms with Gasteiger partial charge in [-0.2, -0.15) is 5.10 Å². The molecule has 0 aliphatic rings. The van der Waals surface area contributed by atoms with Crippen molar-refractivity contribution in [2.75, 3.05) is 20.8 Å². The number of rotatable bonds is 6. The average Bonchev–Trinajstić information content (AvgIpc) is 2.85. The van der Waals surface area contributed by atoms with E-state index in [-0.39, 0.29) is 0 Å². The fourth-order valence-corrected chi connectivity index (χ4v) is 2.69. The second-order valence-corrected chi connectivity index (χ2v) is 5.71. The van der Waals surface area contributed by atoms with Gasteiger partial charge in [0.2, 0.25) is 0 Å². The first-order chi connectivity index (χ1) is 10.1. The zero-order valence-electron chi connectivity index (χ0n) is 11.7. The Morgan fingerprint density at radius 1 is 1.43 bits per heavy atom. The van der Waals surface area contributed by atoms with Gasteiger partial charge < -0.3 is 14.6 Å². The summed E-state index contributed by atoms with van der Waals surface area (Å²) in [5.74, 6) is 0.584. The number of aromatic nitrogens is 2. The molecule has 1 aromatic carbocycles. The normalized spacial score (nSPS) is 12.4. The van der Waals surface area contributed by atoms with Gasteiger partial charge in [0, 0.05) is 17.1 Å². The van der Waals surface area contributed by atoms with Crippen LogP contribution in [0.25, 0.3) is 0 Å². The Balaban J connectivity index is 2.42. The highest BCUT2D eigenvalue weighted by Crippen LogP contribution is 2.35. The van der Waals surface area contributed by atoms with Crippen LogP contribution < -0.4 is 4.74 Å². The lowest BCUT2D eigenvalue weighted by molar-refractivity contribution is 0.170. The third-order valence-corrected chi connectivity index (χ3v) is 3.87. The zero-order valence-corrected chi connectivity index (χ0v) is 14.1. The van der Waals surface area contributed by atoms with Crippen LogP contribution in [0.1, 0.15) is 17.4 Å². The van der Waals surface area contributed by atoms with Crippen molar-refractivity contribution in [3.63, 3.8) is 0 Å². The molecule has 1 N–H and O–H groups in total. The number of aliphatic hydroxyl groups is 1. The lowest BCUT2D eigenvalue weighted by Gasteiger charge is -2.17. The molecule has 114 valence electrons. The standard InChI is InChI=1S/C14H16BrClN2O3/c1-20-6-5-18-13(11(16)8-17-18)14(19)10-7-9(15)3-4-12(10)21-2/h3-4,7-8,14,19H,5-6H2,1-2H3. The van der Waals surface area contributed by atoms with E-state index in [1.54, 1.807) is 31.0 Å². The second-order valence-electron chi connectivity index (χ2n) is 4.38. The Morgan fingerprint density at radius 2 is 2.19 bits per heavy atom. The van der Waals surface area contributed by atoms with E-state index in [0.29, 0.717) is 35.2 Å². The highest BCUT2D eigenvalue weighted by molar-refractivity contribution is 9.10. The van der Waals surface area contributed by atoms with Gasteiger partial charge in [-0.15, -0.1) is 0 Å². The van der Waals surface area contributed by atoms with Gasteiger partial charge in [-0.05, 0) is 18.2 Å². The number of ether oxygens (including phenoxy) is 2. The van der Waals surface area contributed by atoms with E-state index in [1.807, 2.05) is 6.07 Å². The second kappa shape index (κ2) is 7.26. The summed E-state index contributed by atoms with van der Waals surface area (Å²) in [4.78, 5) is 0. The lowest BCUT2D eigenvalue weighted by Crippen LogP contribution is -2.14. The van der Waals surface area contributed by atoms with Crippen molar-refractivity contribution in [1.82, 2.24) is 9.78 Å². The van der Waals surface area contributed by atoms with Gasteiger partial charge in [-0.1, -0.05) is 27.5 Å². The first-order valence-electron chi connectivity index (χ1n) is 6.30. The van der Waals surface area contributed by atoms with Crippen molar-refractivity contribution in [1.29, 1.82) is 0 Å². The number of hydrogen-bond donors (Lipinski definition) is 1. The molecule has 0 bridgehead atoms. The molecule has 21 heavy (non-hydrogen) atoms. The van der Waals surface area contributed by atoms with Crippen LogP contribution in [0.3, 0.4) is 0 Å². The molecule has 0 aliphatic heterocycles. The first kappa shape index (κ1) is 16.3. The van der Waals surface area contributed by atoms with E-state index in [9.17, 15) is 5.11 Å². The van der Waals surface area contributed by atoms with E-state index in [0.717, 1.165) is 4.47 Å². The average molecular weight is 376 g/mol. The van der Waals surface area contributed by atoms with Crippen molar-refractivity contribution in [2.45, 2.75) is 12.6 Å². The number of aliphatic hydroxyl groups excluding tert-OH is 1. The van der Waals surface area contributed by atoms with Crippen LogP contribution in [0.15, 0.2) is 28.9 Å². The van der Waals surface area contributed by atoms with Crippen LogP contribution in [0.4, 0.5) is 0 Å². The fraction of sp³-hybridized carbons (Fsp3) is 0.357. The predicted molar refractivity (Wildman–Crippen MR) is 83.9 cm³/mol. The molecule has 7 heteroatoms. The summed E-state index contributed by atoms with van der Waals surface area (Å²) in [5, 5.41) is 15.3. The van der Waals surface area contributed by atoms with Crippen LogP contribution >= 0.6 is 27.5 Å². The molecule has 0 spiro atoms. The largest absolute Gasteiger partial charge is 0.496 e. The summed E-state index contributed by atoms with van der Waals surface area (Å²) >= 11 is 9.56. The summed E-state index contributed by atoms with van der Waals surface area (Å²) in [6, 6.07) is 5.43. The third kappa shape index (κ3) is 3.58. The molecule has 0 fully saturated rings. The van der Waals surface area contributed by atoms with Gasteiger partial charge in [0.1, 0.15) is 11.9 Å². The SMILES string of the molecule is COCCn1ncc(Cl)c1C(O)c1cc(Br)ccc1OC. The Labute approximate surface area is 136 Å². The zero-order chi connectivity index (χ0) is 15.4. The highest BCUT2D eigenvalue weighted by Gasteiger charge is 2.23. The Hall–Kier alpha value is -1.08. The quantitative estimate of drug-likeness (QED) is 0.843. The first-order valence-corrected chi connectivity index (χ1v) is 7.47.